The van der Waals surface area contributed by atoms with E-state index in [2.05, 4.69) is 5.10 Å². The Kier molecular flexibility index (Phi) is 3.05. The molecule has 0 atom stereocenters. The number of carbonyl (C=O) groups is 1. The summed E-state index contributed by atoms with van der Waals surface area (Å²) in [4.78, 5) is 14.4. The predicted molar refractivity (Wildman–Crippen MR) is 63.3 cm³/mol. The number of hydrogen-bond donors (Lipinski definition) is 0. The second-order valence-corrected chi connectivity index (χ2v) is 4.61. The Labute approximate surface area is 98.1 Å². The lowest BCUT2D eigenvalue weighted by atomic mass is 10.3. The van der Waals surface area contributed by atoms with E-state index in [1.807, 2.05) is 30.8 Å². The summed E-state index contributed by atoms with van der Waals surface area (Å²) < 4.78 is 1.73. The van der Waals surface area contributed by atoms with Gasteiger partial charge in [-0.25, -0.2) is 0 Å². The van der Waals surface area contributed by atoms with Crippen molar-refractivity contribution in [2.45, 2.75) is 6.54 Å². The van der Waals surface area contributed by atoms with Gasteiger partial charge in [-0.1, -0.05) is 6.07 Å². The largest absolute Gasteiger partial charge is 0.337 e. The third kappa shape index (κ3) is 2.30. The van der Waals surface area contributed by atoms with Crippen LogP contribution in [0.4, 0.5) is 0 Å². The summed E-state index contributed by atoms with van der Waals surface area (Å²) in [6.45, 7) is 0.588. The summed E-state index contributed by atoms with van der Waals surface area (Å²) in [6.07, 6.45) is 3.69. The SMILES string of the molecule is CN(Cc1cnn(C)c1)C(=O)c1cccs1. The Morgan fingerprint density at radius 1 is 1.62 bits per heavy atom. The second-order valence-electron chi connectivity index (χ2n) is 3.66. The molecule has 2 rings (SSSR count). The van der Waals surface area contributed by atoms with Gasteiger partial charge in [-0.05, 0) is 11.4 Å². The van der Waals surface area contributed by atoms with Crippen molar-refractivity contribution in [3.05, 3.63) is 40.3 Å². The van der Waals surface area contributed by atoms with Crippen LogP contribution in [0.2, 0.25) is 0 Å². The fourth-order valence-corrected chi connectivity index (χ4v) is 2.21. The zero-order valence-corrected chi connectivity index (χ0v) is 10.1. The van der Waals surface area contributed by atoms with Gasteiger partial charge in [0.25, 0.3) is 5.91 Å². The van der Waals surface area contributed by atoms with E-state index >= 15 is 0 Å². The van der Waals surface area contributed by atoms with Crippen LogP contribution in [0.5, 0.6) is 0 Å². The molecule has 0 saturated heterocycles. The van der Waals surface area contributed by atoms with Crippen LogP contribution in [0.15, 0.2) is 29.9 Å². The first-order valence-electron chi connectivity index (χ1n) is 4.93. The van der Waals surface area contributed by atoms with Gasteiger partial charge >= 0.3 is 0 Å². The number of aryl methyl sites for hydroxylation is 1. The molecule has 0 unspecified atom stereocenters. The van der Waals surface area contributed by atoms with Gasteiger partial charge < -0.3 is 4.90 Å². The van der Waals surface area contributed by atoms with Gasteiger partial charge in [0.15, 0.2) is 0 Å². The van der Waals surface area contributed by atoms with Gasteiger partial charge in [0.2, 0.25) is 0 Å². The molecule has 0 fully saturated rings. The monoisotopic (exact) mass is 235 g/mol. The van der Waals surface area contributed by atoms with Gasteiger partial charge in [0.05, 0.1) is 11.1 Å². The molecule has 2 aromatic rings. The lowest BCUT2D eigenvalue weighted by molar-refractivity contribution is 0.0790. The highest BCUT2D eigenvalue weighted by atomic mass is 32.1. The standard InChI is InChI=1S/C11H13N3OS/c1-13(7-9-6-12-14(2)8-9)11(15)10-4-3-5-16-10/h3-6,8H,7H2,1-2H3. The van der Waals surface area contributed by atoms with Crippen LogP contribution in [-0.2, 0) is 13.6 Å². The smallest absolute Gasteiger partial charge is 0.263 e. The quantitative estimate of drug-likeness (QED) is 0.813. The zero-order valence-electron chi connectivity index (χ0n) is 9.25. The molecule has 0 aliphatic carbocycles. The maximum absolute atomic E-state index is 11.9. The van der Waals surface area contributed by atoms with Crippen molar-refractivity contribution < 1.29 is 4.79 Å². The molecule has 0 radical (unpaired) electrons. The average molecular weight is 235 g/mol. The molecular weight excluding hydrogens is 222 g/mol. The van der Waals surface area contributed by atoms with Crippen LogP contribution in [0.3, 0.4) is 0 Å². The number of aromatic nitrogens is 2. The van der Waals surface area contributed by atoms with Crippen molar-refractivity contribution in [3.8, 4) is 0 Å². The number of amides is 1. The molecule has 0 saturated carbocycles. The highest BCUT2D eigenvalue weighted by molar-refractivity contribution is 7.12. The van der Waals surface area contributed by atoms with Crippen molar-refractivity contribution in [1.29, 1.82) is 0 Å². The fourth-order valence-electron chi connectivity index (χ4n) is 1.49. The summed E-state index contributed by atoms with van der Waals surface area (Å²) in [5.41, 5.74) is 1.04. The third-order valence-electron chi connectivity index (χ3n) is 2.26. The third-order valence-corrected chi connectivity index (χ3v) is 3.11. The number of nitrogens with zero attached hydrogens (tertiary/aromatic N) is 3. The van der Waals surface area contributed by atoms with Crippen molar-refractivity contribution in [2.75, 3.05) is 7.05 Å². The molecule has 0 spiro atoms. The van der Waals surface area contributed by atoms with E-state index in [1.54, 1.807) is 22.8 Å². The highest BCUT2D eigenvalue weighted by Gasteiger charge is 2.13. The number of thiophene rings is 1. The second kappa shape index (κ2) is 4.49. The minimum absolute atomic E-state index is 0.0545. The van der Waals surface area contributed by atoms with E-state index in [9.17, 15) is 4.79 Å². The fraction of sp³-hybridized carbons (Fsp3) is 0.273. The first kappa shape index (κ1) is 10.9. The number of carbonyl (C=O) groups excluding carboxylic acids is 1. The molecule has 84 valence electrons. The highest BCUT2D eigenvalue weighted by Crippen LogP contribution is 2.12. The van der Waals surface area contributed by atoms with Gasteiger partial charge in [0, 0.05) is 32.4 Å². The molecule has 2 aromatic heterocycles. The van der Waals surface area contributed by atoms with Gasteiger partial charge in [-0.15, -0.1) is 11.3 Å². The van der Waals surface area contributed by atoms with E-state index in [1.165, 1.54) is 11.3 Å². The van der Waals surface area contributed by atoms with Crippen molar-refractivity contribution in [3.63, 3.8) is 0 Å². The molecule has 1 amide bonds. The molecule has 0 aliphatic heterocycles. The van der Waals surface area contributed by atoms with E-state index in [4.69, 9.17) is 0 Å². The number of rotatable bonds is 3. The Bertz CT molecular complexity index is 475. The van der Waals surface area contributed by atoms with Crippen LogP contribution in [-0.4, -0.2) is 27.6 Å². The maximum atomic E-state index is 11.9. The van der Waals surface area contributed by atoms with E-state index in [-0.39, 0.29) is 5.91 Å². The van der Waals surface area contributed by atoms with Crippen LogP contribution in [0.1, 0.15) is 15.2 Å². The maximum Gasteiger partial charge on any atom is 0.263 e. The normalized spacial score (nSPS) is 10.4. The van der Waals surface area contributed by atoms with Crippen LogP contribution in [0, 0.1) is 0 Å². The van der Waals surface area contributed by atoms with E-state index < -0.39 is 0 Å². The van der Waals surface area contributed by atoms with E-state index in [0.29, 0.717) is 6.54 Å². The lowest BCUT2D eigenvalue weighted by Gasteiger charge is -2.14. The first-order chi connectivity index (χ1) is 7.66. The summed E-state index contributed by atoms with van der Waals surface area (Å²) in [7, 11) is 3.67. The predicted octanol–water partition coefficient (Wildman–Crippen LogP) is 1.75. The molecule has 0 aliphatic rings. The van der Waals surface area contributed by atoms with E-state index in [0.717, 1.165) is 10.4 Å². The summed E-state index contributed by atoms with van der Waals surface area (Å²) >= 11 is 1.46. The summed E-state index contributed by atoms with van der Waals surface area (Å²) in [5, 5.41) is 5.98. The molecule has 5 heteroatoms. The Morgan fingerprint density at radius 3 is 3.00 bits per heavy atom. The van der Waals surface area contributed by atoms with Gasteiger partial charge in [-0.2, -0.15) is 5.10 Å². The summed E-state index contributed by atoms with van der Waals surface area (Å²) in [6, 6.07) is 3.72. The van der Waals surface area contributed by atoms with Crippen molar-refractivity contribution in [2.24, 2.45) is 7.05 Å². The molecule has 4 nitrogen and oxygen atoms in total. The molecule has 2 heterocycles. The minimum Gasteiger partial charge on any atom is -0.337 e. The Hall–Kier alpha value is -1.62. The van der Waals surface area contributed by atoms with Gasteiger partial charge in [-0.3, -0.25) is 9.48 Å². The summed E-state index contributed by atoms with van der Waals surface area (Å²) in [5.74, 6) is 0.0545. The van der Waals surface area contributed by atoms with Gasteiger partial charge in [0.1, 0.15) is 0 Å². The molecular formula is C11H13N3OS. The molecule has 0 bridgehead atoms. The Morgan fingerprint density at radius 2 is 2.44 bits per heavy atom. The first-order valence-corrected chi connectivity index (χ1v) is 5.81. The number of hydrogen-bond acceptors (Lipinski definition) is 3. The van der Waals surface area contributed by atoms with Crippen LogP contribution in [0.25, 0.3) is 0 Å². The van der Waals surface area contributed by atoms with Crippen molar-refractivity contribution in [1.82, 2.24) is 14.7 Å². The molecule has 16 heavy (non-hydrogen) atoms. The lowest BCUT2D eigenvalue weighted by Crippen LogP contribution is -2.25. The minimum atomic E-state index is 0.0545. The topological polar surface area (TPSA) is 38.1 Å². The van der Waals surface area contributed by atoms with Crippen LogP contribution < -0.4 is 0 Å². The van der Waals surface area contributed by atoms with Crippen molar-refractivity contribution >= 4 is 17.2 Å². The van der Waals surface area contributed by atoms with Crippen LogP contribution >= 0.6 is 11.3 Å². The zero-order chi connectivity index (χ0) is 11.5. The molecule has 0 N–H and O–H groups in total. The molecule has 0 aromatic carbocycles. The Balaban J connectivity index is 2.03. The average Bonchev–Trinajstić information content (AvgIpc) is 2.88.